The Labute approximate surface area is 156 Å². The number of para-hydroxylation sites is 2. The van der Waals surface area contributed by atoms with Crippen LogP contribution in [0, 0.1) is 0 Å². The molecule has 136 valence electrons. The number of hydrogen-bond donors (Lipinski definition) is 2. The van der Waals surface area contributed by atoms with E-state index in [9.17, 15) is 9.59 Å². The van der Waals surface area contributed by atoms with Crippen LogP contribution in [-0.4, -0.2) is 27.7 Å². The second-order valence-corrected chi connectivity index (χ2v) is 6.64. The van der Waals surface area contributed by atoms with Crippen LogP contribution in [0.25, 0.3) is 21.8 Å². The molecule has 2 aromatic carbocycles. The van der Waals surface area contributed by atoms with E-state index in [4.69, 9.17) is 5.73 Å². The van der Waals surface area contributed by atoms with E-state index in [1.165, 1.54) is 0 Å². The highest BCUT2D eigenvalue weighted by Gasteiger charge is 2.16. The van der Waals surface area contributed by atoms with Gasteiger partial charge >= 0.3 is 0 Å². The van der Waals surface area contributed by atoms with E-state index >= 15 is 0 Å². The number of carbonyl (C=O) groups excluding carboxylic acids is 2. The monoisotopic (exact) mass is 359 g/mol. The maximum atomic E-state index is 12.8. The Bertz CT molecular complexity index is 1140. The van der Waals surface area contributed by atoms with Crippen LogP contribution in [0.4, 0.5) is 0 Å². The first-order valence-electron chi connectivity index (χ1n) is 9.09. The molecule has 0 radical (unpaired) electrons. The largest absolute Gasteiger partial charge is 0.360 e. The molecular weight excluding hydrogens is 338 g/mol. The van der Waals surface area contributed by atoms with Crippen LogP contribution >= 0.6 is 0 Å². The third-order valence-electron chi connectivity index (χ3n) is 4.93. The van der Waals surface area contributed by atoms with E-state index in [1.807, 2.05) is 59.3 Å². The number of ketones is 2. The summed E-state index contributed by atoms with van der Waals surface area (Å²) in [5.41, 5.74) is 8.85. The Morgan fingerprint density at radius 1 is 0.889 bits per heavy atom. The van der Waals surface area contributed by atoms with E-state index in [0.717, 1.165) is 21.8 Å². The highest BCUT2D eigenvalue weighted by molar-refractivity contribution is 6.09. The fourth-order valence-electron chi connectivity index (χ4n) is 3.58. The molecule has 0 aliphatic carbocycles. The smallest absolute Gasteiger partial charge is 0.166 e. The number of fused-ring (bicyclic) bond motifs is 2. The number of aromatic amines is 1. The maximum Gasteiger partial charge on any atom is 0.166 e. The van der Waals surface area contributed by atoms with Crippen molar-refractivity contribution < 1.29 is 9.59 Å². The Morgan fingerprint density at radius 3 is 2.41 bits per heavy atom. The Kier molecular flexibility index (Phi) is 4.60. The average molecular weight is 359 g/mol. The number of aromatic nitrogens is 2. The first-order valence-corrected chi connectivity index (χ1v) is 9.09. The van der Waals surface area contributed by atoms with E-state index in [-0.39, 0.29) is 11.6 Å². The van der Waals surface area contributed by atoms with Crippen molar-refractivity contribution >= 4 is 33.4 Å². The Morgan fingerprint density at radius 2 is 1.59 bits per heavy atom. The zero-order chi connectivity index (χ0) is 18.8. The number of nitrogens with zero attached hydrogens (tertiary/aromatic N) is 1. The number of nitrogens with one attached hydrogen (secondary N) is 1. The summed E-state index contributed by atoms with van der Waals surface area (Å²) < 4.78 is 1.99. The summed E-state index contributed by atoms with van der Waals surface area (Å²) in [6.07, 6.45) is 4.31. The first-order chi connectivity index (χ1) is 13.2. The molecule has 2 aromatic heterocycles. The second kappa shape index (κ2) is 7.21. The number of rotatable bonds is 7. The molecule has 0 amide bonds. The van der Waals surface area contributed by atoms with Crippen LogP contribution in [0.15, 0.2) is 60.9 Å². The molecule has 4 rings (SSSR count). The van der Waals surface area contributed by atoms with Gasteiger partial charge in [0.05, 0.1) is 0 Å². The van der Waals surface area contributed by atoms with Gasteiger partial charge in [-0.2, -0.15) is 0 Å². The SMILES string of the molecule is NCCC(=O)c1cn(CCC(=O)c2c[nH]c3ccccc23)c2ccccc12. The molecule has 2 heterocycles. The van der Waals surface area contributed by atoms with Crippen LogP contribution in [0.2, 0.25) is 0 Å². The van der Waals surface area contributed by atoms with Gasteiger partial charge < -0.3 is 15.3 Å². The number of H-pyrrole nitrogens is 1. The zero-order valence-electron chi connectivity index (χ0n) is 14.9. The van der Waals surface area contributed by atoms with Gasteiger partial charge in [0.15, 0.2) is 11.6 Å². The van der Waals surface area contributed by atoms with Gasteiger partial charge in [0.2, 0.25) is 0 Å². The number of nitrogens with two attached hydrogens (primary N) is 1. The molecule has 27 heavy (non-hydrogen) atoms. The first kappa shape index (κ1) is 17.2. The molecule has 0 aliphatic rings. The van der Waals surface area contributed by atoms with E-state index in [2.05, 4.69) is 4.98 Å². The molecule has 5 heteroatoms. The van der Waals surface area contributed by atoms with Crippen molar-refractivity contribution in [2.24, 2.45) is 5.73 Å². The molecule has 4 aromatic rings. The van der Waals surface area contributed by atoms with E-state index in [1.54, 1.807) is 6.20 Å². The number of aryl methyl sites for hydroxylation is 1. The third-order valence-corrected chi connectivity index (χ3v) is 4.93. The van der Waals surface area contributed by atoms with Crippen molar-refractivity contribution in [2.45, 2.75) is 19.4 Å². The van der Waals surface area contributed by atoms with Gasteiger partial charge in [0.1, 0.15) is 0 Å². The summed E-state index contributed by atoms with van der Waals surface area (Å²) in [4.78, 5) is 28.3. The lowest BCUT2D eigenvalue weighted by Crippen LogP contribution is -2.08. The van der Waals surface area contributed by atoms with Crippen LogP contribution in [0.3, 0.4) is 0 Å². The lowest BCUT2D eigenvalue weighted by Gasteiger charge is -2.04. The predicted octanol–water partition coefficient (Wildman–Crippen LogP) is 3.93. The number of carbonyl (C=O) groups is 2. The average Bonchev–Trinajstić information content (AvgIpc) is 3.28. The fraction of sp³-hybridized carbons (Fsp3) is 0.182. The lowest BCUT2D eigenvalue weighted by molar-refractivity contribution is 0.0976. The minimum atomic E-state index is 0.0374. The molecule has 0 atom stereocenters. The maximum absolute atomic E-state index is 12.8. The summed E-state index contributed by atoms with van der Waals surface area (Å²) >= 11 is 0. The summed E-state index contributed by atoms with van der Waals surface area (Å²) in [6.45, 7) is 0.853. The van der Waals surface area contributed by atoms with Crippen molar-refractivity contribution in [1.29, 1.82) is 0 Å². The second-order valence-electron chi connectivity index (χ2n) is 6.64. The molecule has 0 saturated carbocycles. The Balaban J connectivity index is 1.60. The van der Waals surface area contributed by atoms with Gasteiger partial charge in [0.25, 0.3) is 0 Å². The molecule has 5 nitrogen and oxygen atoms in total. The van der Waals surface area contributed by atoms with Gasteiger partial charge in [-0.25, -0.2) is 0 Å². The van der Waals surface area contributed by atoms with Crippen molar-refractivity contribution in [3.05, 3.63) is 72.1 Å². The third kappa shape index (κ3) is 3.17. The van der Waals surface area contributed by atoms with Gasteiger partial charge in [-0.05, 0) is 18.7 Å². The molecule has 0 aliphatic heterocycles. The predicted molar refractivity (Wildman–Crippen MR) is 107 cm³/mol. The number of hydrogen-bond acceptors (Lipinski definition) is 3. The van der Waals surface area contributed by atoms with Crippen LogP contribution in [-0.2, 0) is 6.54 Å². The minimum absolute atomic E-state index is 0.0374. The van der Waals surface area contributed by atoms with Crippen LogP contribution < -0.4 is 5.73 Å². The van der Waals surface area contributed by atoms with Crippen molar-refractivity contribution in [3.8, 4) is 0 Å². The zero-order valence-corrected chi connectivity index (χ0v) is 14.9. The Hall–Kier alpha value is -3.18. The summed E-state index contributed by atoms with van der Waals surface area (Å²) in [6, 6.07) is 15.6. The molecule has 0 spiro atoms. The van der Waals surface area contributed by atoms with Gasteiger partial charge in [0, 0.05) is 64.7 Å². The molecule has 3 N–H and O–H groups in total. The van der Waals surface area contributed by atoms with Crippen molar-refractivity contribution in [2.75, 3.05) is 6.54 Å². The summed E-state index contributed by atoms with van der Waals surface area (Å²) in [5.74, 6) is 0.121. The van der Waals surface area contributed by atoms with Gasteiger partial charge in [-0.1, -0.05) is 36.4 Å². The number of benzene rings is 2. The van der Waals surface area contributed by atoms with Crippen molar-refractivity contribution in [3.63, 3.8) is 0 Å². The molecule has 0 fully saturated rings. The number of Topliss-reactive ketones (excluding diaryl/α,β-unsaturated/α-hetero) is 2. The molecule has 0 unspecified atom stereocenters. The standard InChI is InChI=1S/C22H21N3O2/c23-11-9-21(26)18-14-25(20-8-4-2-6-16(18)20)12-10-22(27)17-13-24-19-7-3-1-5-15(17)19/h1-8,13-14,24H,9-12,23H2. The summed E-state index contributed by atoms with van der Waals surface area (Å²) in [5, 5.41) is 1.86. The normalized spacial score (nSPS) is 11.3. The molecule has 0 bridgehead atoms. The highest BCUT2D eigenvalue weighted by Crippen LogP contribution is 2.24. The summed E-state index contributed by atoms with van der Waals surface area (Å²) in [7, 11) is 0. The fourth-order valence-corrected chi connectivity index (χ4v) is 3.58. The minimum Gasteiger partial charge on any atom is -0.360 e. The quantitative estimate of drug-likeness (QED) is 0.491. The lowest BCUT2D eigenvalue weighted by atomic mass is 10.1. The van der Waals surface area contributed by atoms with Crippen LogP contribution in [0.1, 0.15) is 33.6 Å². The highest BCUT2D eigenvalue weighted by atomic mass is 16.1. The topological polar surface area (TPSA) is 80.9 Å². The molecule has 0 saturated heterocycles. The van der Waals surface area contributed by atoms with E-state index < -0.39 is 0 Å². The van der Waals surface area contributed by atoms with Gasteiger partial charge in [-0.3, -0.25) is 9.59 Å². The van der Waals surface area contributed by atoms with E-state index in [0.29, 0.717) is 37.1 Å². The molecular formula is C22H21N3O2. The van der Waals surface area contributed by atoms with Crippen molar-refractivity contribution in [1.82, 2.24) is 9.55 Å². The van der Waals surface area contributed by atoms with Gasteiger partial charge in [-0.15, -0.1) is 0 Å². The van der Waals surface area contributed by atoms with Crippen LogP contribution in [0.5, 0.6) is 0 Å².